The average molecular weight is 391 g/mol. The van der Waals surface area contributed by atoms with Crippen molar-refractivity contribution in [2.75, 3.05) is 32.7 Å². The summed E-state index contributed by atoms with van der Waals surface area (Å²) in [7, 11) is 0. The topological polar surface area (TPSA) is 60.9 Å². The van der Waals surface area contributed by atoms with E-state index in [4.69, 9.17) is 0 Å². The van der Waals surface area contributed by atoms with Gasteiger partial charge >= 0.3 is 0 Å². The van der Waals surface area contributed by atoms with Gasteiger partial charge in [0.05, 0.1) is 11.8 Å². The lowest BCUT2D eigenvalue weighted by Crippen LogP contribution is -2.38. The Hall–Kier alpha value is -2.35. The van der Waals surface area contributed by atoms with Gasteiger partial charge in [-0.2, -0.15) is 0 Å². The first-order chi connectivity index (χ1) is 13.4. The van der Waals surface area contributed by atoms with Crippen molar-refractivity contribution in [3.05, 3.63) is 35.4 Å². The molecule has 0 bridgehead atoms. The molecule has 0 radical (unpaired) electrons. The smallest absolute Gasteiger partial charge is 0.234 e. The Bertz CT molecular complexity index is 792. The number of nitrogens with zero attached hydrogens (tertiary/aromatic N) is 3. The Labute approximate surface area is 162 Å². The maximum absolute atomic E-state index is 13.9. The zero-order chi connectivity index (χ0) is 19.8. The number of amides is 3. The summed E-state index contributed by atoms with van der Waals surface area (Å²) in [6.07, 6.45) is 2.04. The number of likely N-dealkylation sites (tertiary alicyclic amines) is 3. The summed E-state index contributed by atoms with van der Waals surface area (Å²) >= 11 is 0. The zero-order valence-electron chi connectivity index (χ0n) is 15.6. The molecule has 1 aromatic rings. The molecule has 0 N–H and O–H groups in total. The maximum Gasteiger partial charge on any atom is 0.234 e. The molecule has 150 valence electrons. The van der Waals surface area contributed by atoms with Crippen LogP contribution < -0.4 is 0 Å². The molecule has 8 heteroatoms. The molecule has 1 aromatic carbocycles. The van der Waals surface area contributed by atoms with Crippen LogP contribution in [0.4, 0.5) is 8.78 Å². The minimum atomic E-state index is -0.629. The van der Waals surface area contributed by atoms with Crippen molar-refractivity contribution in [3.63, 3.8) is 0 Å². The second kappa shape index (κ2) is 7.58. The van der Waals surface area contributed by atoms with Crippen molar-refractivity contribution >= 4 is 17.7 Å². The number of benzene rings is 1. The third-order valence-electron chi connectivity index (χ3n) is 5.95. The molecule has 3 fully saturated rings. The summed E-state index contributed by atoms with van der Waals surface area (Å²) in [4.78, 5) is 42.0. The van der Waals surface area contributed by atoms with Gasteiger partial charge < -0.3 is 4.90 Å². The van der Waals surface area contributed by atoms with E-state index < -0.39 is 23.5 Å². The summed E-state index contributed by atoms with van der Waals surface area (Å²) in [5.74, 6) is -2.26. The minimum Gasteiger partial charge on any atom is -0.343 e. The van der Waals surface area contributed by atoms with Crippen LogP contribution in [-0.4, -0.2) is 65.1 Å². The van der Waals surface area contributed by atoms with E-state index >= 15 is 0 Å². The van der Waals surface area contributed by atoms with Gasteiger partial charge in [-0.15, -0.1) is 0 Å². The van der Waals surface area contributed by atoms with Gasteiger partial charge in [-0.05, 0) is 18.9 Å². The summed E-state index contributed by atoms with van der Waals surface area (Å²) in [6, 6.07) is 3.45. The van der Waals surface area contributed by atoms with Gasteiger partial charge in [0.25, 0.3) is 0 Å². The van der Waals surface area contributed by atoms with Crippen LogP contribution >= 0.6 is 0 Å². The van der Waals surface area contributed by atoms with Crippen molar-refractivity contribution in [1.29, 1.82) is 0 Å². The highest BCUT2D eigenvalue weighted by Gasteiger charge is 2.51. The summed E-state index contributed by atoms with van der Waals surface area (Å²) in [6.45, 7) is 2.69. The molecule has 0 aromatic heterocycles. The van der Waals surface area contributed by atoms with Crippen LogP contribution in [0.3, 0.4) is 0 Å². The van der Waals surface area contributed by atoms with E-state index in [9.17, 15) is 23.2 Å². The molecule has 6 nitrogen and oxygen atoms in total. The van der Waals surface area contributed by atoms with Crippen molar-refractivity contribution < 1.29 is 23.2 Å². The quantitative estimate of drug-likeness (QED) is 0.688. The monoisotopic (exact) mass is 391 g/mol. The second-order valence-corrected chi connectivity index (χ2v) is 7.81. The van der Waals surface area contributed by atoms with Gasteiger partial charge in [-0.25, -0.2) is 8.78 Å². The van der Waals surface area contributed by atoms with Gasteiger partial charge in [-0.1, -0.05) is 6.07 Å². The fraction of sp³-hybridized carbons (Fsp3) is 0.550. The predicted octanol–water partition coefficient (Wildman–Crippen LogP) is 1.39. The van der Waals surface area contributed by atoms with Crippen LogP contribution in [0.1, 0.15) is 24.8 Å². The van der Waals surface area contributed by atoms with Gasteiger partial charge in [0.1, 0.15) is 11.6 Å². The molecule has 2 atom stereocenters. The standard InChI is InChI=1S/C20H23F2N3O3/c21-14-5-4-13(17(22)9-14)10-23-11-15-16(12-23)20(28)25(19(15)27)8-2-7-24-6-1-3-18(24)26/h4-5,9,15-16H,1-3,6-8,10-12H2/t15-,16+. The molecule has 4 rings (SSSR count). The van der Waals surface area contributed by atoms with E-state index in [0.29, 0.717) is 44.6 Å². The van der Waals surface area contributed by atoms with E-state index in [0.717, 1.165) is 19.0 Å². The highest BCUT2D eigenvalue weighted by Crippen LogP contribution is 2.34. The summed E-state index contributed by atoms with van der Waals surface area (Å²) in [5, 5.41) is 0. The van der Waals surface area contributed by atoms with Gasteiger partial charge in [0, 0.05) is 57.3 Å². The SMILES string of the molecule is O=C1CCCN1CCCN1C(=O)[C@H]2CN(Cc3ccc(F)cc3F)C[C@H]2C1=O. The van der Waals surface area contributed by atoms with Crippen molar-refractivity contribution in [1.82, 2.24) is 14.7 Å². The summed E-state index contributed by atoms with van der Waals surface area (Å²) in [5.41, 5.74) is 0.355. The molecule has 3 heterocycles. The first kappa shape index (κ1) is 19.0. The largest absolute Gasteiger partial charge is 0.343 e. The maximum atomic E-state index is 13.9. The van der Waals surface area contributed by atoms with E-state index in [2.05, 4.69) is 0 Å². The lowest BCUT2D eigenvalue weighted by molar-refractivity contribution is -0.140. The third kappa shape index (κ3) is 3.53. The molecule has 28 heavy (non-hydrogen) atoms. The van der Waals surface area contributed by atoms with Crippen LogP contribution in [-0.2, 0) is 20.9 Å². The number of carbonyl (C=O) groups excluding carboxylic acids is 3. The first-order valence-corrected chi connectivity index (χ1v) is 9.73. The number of rotatable bonds is 6. The minimum absolute atomic E-state index is 0.139. The van der Waals surface area contributed by atoms with Crippen LogP contribution in [0.25, 0.3) is 0 Å². The normalized spacial score (nSPS) is 25.3. The Morgan fingerprint density at radius 2 is 1.71 bits per heavy atom. The highest BCUT2D eigenvalue weighted by molar-refractivity contribution is 6.05. The number of hydrogen-bond donors (Lipinski definition) is 0. The zero-order valence-corrected chi connectivity index (χ0v) is 15.6. The highest BCUT2D eigenvalue weighted by atomic mass is 19.1. The Kier molecular flexibility index (Phi) is 5.14. The molecule has 0 spiro atoms. The number of hydrogen-bond acceptors (Lipinski definition) is 4. The van der Waals surface area contributed by atoms with Crippen LogP contribution in [0.2, 0.25) is 0 Å². The number of imide groups is 1. The Morgan fingerprint density at radius 3 is 2.32 bits per heavy atom. The fourth-order valence-electron chi connectivity index (χ4n) is 4.50. The fourth-order valence-corrected chi connectivity index (χ4v) is 4.50. The van der Waals surface area contributed by atoms with Gasteiger partial charge in [-0.3, -0.25) is 24.2 Å². The van der Waals surface area contributed by atoms with Gasteiger partial charge in [0.15, 0.2) is 0 Å². The average Bonchev–Trinajstić information content (AvgIpc) is 3.31. The predicted molar refractivity (Wildman–Crippen MR) is 95.8 cm³/mol. The molecule has 3 amide bonds. The lowest BCUT2D eigenvalue weighted by atomic mass is 10.00. The molecular formula is C20H23F2N3O3. The lowest BCUT2D eigenvalue weighted by Gasteiger charge is -2.22. The summed E-state index contributed by atoms with van der Waals surface area (Å²) < 4.78 is 26.9. The Balaban J connectivity index is 1.32. The molecule has 3 aliphatic heterocycles. The third-order valence-corrected chi connectivity index (χ3v) is 5.95. The molecule has 3 saturated heterocycles. The van der Waals surface area contributed by atoms with Crippen LogP contribution in [0, 0.1) is 23.5 Å². The van der Waals surface area contributed by atoms with Crippen molar-refractivity contribution in [2.45, 2.75) is 25.8 Å². The van der Waals surface area contributed by atoms with E-state index in [1.165, 1.54) is 17.0 Å². The molecular weight excluding hydrogens is 368 g/mol. The first-order valence-electron chi connectivity index (χ1n) is 9.73. The number of fused-ring (bicyclic) bond motifs is 1. The molecule has 0 saturated carbocycles. The van der Waals surface area contributed by atoms with Crippen LogP contribution in [0.5, 0.6) is 0 Å². The second-order valence-electron chi connectivity index (χ2n) is 7.81. The molecule has 3 aliphatic rings. The van der Waals surface area contributed by atoms with Crippen molar-refractivity contribution in [3.8, 4) is 0 Å². The van der Waals surface area contributed by atoms with E-state index in [1.807, 2.05) is 4.90 Å². The molecule has 0 aliphatic carbocycles. The van der Waals surface area contributed by atoms with E-state index in [-0.39, 0.29) is 24.3 Å². The van der Waals surface area contributed by atoms with Gasteiger partial charge in [0.2, 0.25) is 17.7 Å². The number of carbonyl (C=O) groups is 3. The molecule has 0 unspecified atom stereocenters. The Morgan fingerprint density at radius 1 is 1.00 bits per heavy atom. The van der Waals surface area contributed by atoms with Crippen molar-refractivity contribution in [2.24, 2.45) is 11.8 Å². The van der Waals surface area contributed by atoms with E-state index in [1.54, 1.807) is 4.90 Å². The van der Waals surface area contributed by atoms with Crippen LogP contribution in [0.15, 0.2) is 18.2 Å². The number of halogens is 2.